The Hall–Kier alpha value is 0.310. The smallest absolute Gasteiger partial charge is 0.00411 e. The second-order valence-electron chi connectivity index (χ2n) is 3.79. The highest BCUT2D eigenvalue weighted by atomic mass is 32.2. The van der Waals surface area contributed by atoms with Crippen molar-refractivity contribution < 1.29 is 0 Å². The molecule has 0 spiro atoms. The molecule has 13 heavy (non-hydrogen) atoms. The summed E-state index contributed by atoms with van der Waals surface area (Å²) in [6, 6.07) is 0.687. The molecule has 0 saturated heterocycles. The van der Waals surface area contributed by atoms with Gasteiger partial charge in [0.15, 0.2) is 0 Å². The third-order valence-electron chi connectivity index (χ3n) is 2.27. The molecule has 0 aliphatic carbocycles. The van der Waals surface area contributed by atoms with Gasteiger partial charge in [-0.25, -0.2) is 0 Å². The molecule has 0 bridgehead atoms. The molecule has 0 aliphatic heterocycles. The summed E-state index contributed by atoms with van der Waals surface area (Å²) >= 11 is 2.06. The molecule has 2 unspecified atom stereocenters. The molecule has 1 nitrogen and oxygen atoms in total. The van der Waals surface area contributed by atoms with Gasteiger partial charge in [-0.3, -0.25) is 0 Å². The highest BCUT2D eigenvalue weighted by Crippen LogP contribution is 2.14. The summed E-state index contributed by atoms with van der Waals surface area (Å²) in [6.07, 6.45) is 2.69. The number of hydrogen-bond acceptors (Lipinski definition) is 2. The number of nitrogens with one attached hydrogen (secondary N) is 1. The lowest BCUT2D eigenvalue weighted by molar-refractivity contribution is 0.421. The zero-order valence-electron chi connectivity index (χ0n) is 9.60. The maximum Gasteiger partial charge on any atom is 0.00411 e. The minimum absolute atomic E-state index is 0.687. The summed E-state index contributed by atoms with van der Waals surface area (Å²) in [7, 11) is 0. The predicted molar refractivity (Wildman–Crippen MR) is 64.5 cm³/mol. The minimum atomic E-state index is 0.687. The van der Waals surface area contributed by atoms with E-state index < -0.39 is 0 Å². The zero-order valence-corrected chi connectivity index (χ0v) is 10.4. The third-order valence-corrected chi connectivity index (χ3v) is 3.20. The Morgan fingerprint density at radius 2 is 1.92 bits per heavy atom. The Balaban J connectivity index is 3.32. The zero-order chi connectivity index (χ0) is 10.1. The van der Waals surface area contributed by atoms with Crippen LogP contribution in [0.2, 0.25) is 0 Å². The molecule has 80 valence electrons. The van der Waals surface area contributed by atoms with Gasteiger partial charge >= 0.3 is 0 Å². The predicted octanol–water partition coefficient (Wildman–Crippen LogP) is 3.15. The molecule has 0 aromatic rings. The molecule has 0 heterocycles. The third kappa shape index (κ3) is 8.63. The fraction of sp³-hybridized carbons (Fsp3) is 1.00. The van der Waals surface area contributed by atoms with Crippen LogP contribution in [0, 0.1) is 5.92 Å². The van der Waals surface area contributed by atoms with Gasteiger partial charge < -0.3 is 5.32 Å². The molecule has 0 amide bonds. The minimum Gasteiger partial charge on any atom is -0.315 e. The number of thioether (sulfide) groups is 1. The fourth-order valence-corrected chi connectivity index (χ4v) is 2.44. The van der Waals surface area contributed by atoms with Crippen molar-refractivity contribution in [1.82, 2.24) is 5.32 Å². The van der Waals surface area contributed by atoms with Gasteiger partial charge in [-0.1, -0.05) is 20.8 Å². The first-order chi connectivity index (χ1) is 6.20. The Bertz CT molecular complexity index is 106. The van der Waals surface area contributed by atoms with Crippen LogP contribution in [0.4, 0.5) is 0 Å². The van der Waals surface area contributed by atoms with Gasteiger partial charge in [0.05, 0.1) is 0 Å². The second-order valence-corrected chi connectivity index (χ2v) is 5.18. The van der Waals surface area contributed by atoms with E-state index in [1.54, 1.807) is 0 Å². The lowest BCUT2D eigenvalue weighted by Gasteiger charge is -2.17. The highest BCUT2D eigenvalue weighted by molar-refractivity contribution is 7.99. The molecular weight excluding hydrogens is 178 g/mol. The molecule has 1 N–H and O–H groups in total. The maximum absolute atomic E-state index is 3.46. The molecule has 0 saturated carbocycles. The van der Waals surface area contributed by atoms with Crippen LogP contribution >= 0.6 is 11.8 Å². The summed E-state index contributed by atoms with van der Waals surface area (Å²) in [4.78, 5) is 0. The monoisotopic (exact) mass is 203 g/mol. The van der Waals surface area contributed by atoms with Crippen LogP contribution in [0.15, 0.2) is 0 Å². The van der Waals surface area contributed by atoms with E-state index in [0.29, 0.717) is 6.04 Å². The Kier molecular flexibility index (Phi) is 9.10. The lowest BCUT2D eigenvalue weighted by atomic mass is 10.0. The van der Waals surface area contributed by atoms with Gasteiger partial charge in [0.25, 0.3) is 0 Å². The van der Waals surface area contributed by atoms with Crippen molar-refractivity contribution >= 4 is 11.8 Å². The standard InChI is InChI=1S/C11H25NS/c1-5-12-11(4)9-10(3)7-8-13-6-2/h10-12H,5-9H2,1-4H3. The van der Waals surface area contributed by atoms with Gasteiger partial charge in [0.1, 0.15) is 0 Å². The normalized spacial score (nSPS) is 15.7. The fourth-order valence-electron chi connectivity index (χ4n) is 1.58. The summed E-state index contributed by atoms with van der Waals surface area (Å²) in [6.45, 7) is 10.2. The van der Waals surface area contributed by atoms with Crippen LogP contribution in [0.3, 0.4) is 0 Å². The Labute approximate surface area is 88.1 Å². The first-order valence-electron chi connectivity index (χ1n) is 5.51. The Morgan fingerprint density at radius 3 is 2.46 bits per heavy atom. The van der Waals surface area contributed by atoms with Crippen molar-refractivity contribution in [1.29, 1.82) is 0 Å². The number of hydrogen-bond donors (Lipinski definition) is 1. The van der Waals surface area contributed by atoms with E-state index in [9.17, 15) is 0 Å². The largest absolute Gasteiger partial charge is 0.315 e. The topological polar surface area (TPSA) is 12.0 Å². The average molecular weight is 203 g/mol. The van der Waals surface area contributed by atoms with E-state index in [2.05, 4.69) is 44.8 Å². The first-order valence-corrected chi connectivity index (χ1v) is 6.67. The molecule has 0 aliphatic rings. The van der Waals surface area contributed by atoms with Crippen molar-refractivity contribution in [2.24, 2.45) is 5.92 Å². The molecule has 0 rings (SSSR count). The lowest BCUT2D eigenvalue weighted by Crippen LogP contribution is -2.27. The van der Waals surface area contributed by atoms with E-state index in [-0.39, 0.29) is 0 Å². The molecule has 2 atom stereocenters. The van der Waals surface area contributed by atoms with Gasteiger partial charge in [0, 0.05) is 6.04 Å². The number of rotatable bonds is 8. The highest BCUT2D eigenvalue weighted by Gasteiger charge is 2.06. The second kappa shape index (κ2) is 8.89. The quantitative estimate of drug-likeness (QED) is 0.608. The SMILES string of the molecule is CCNC(C)CC(C)CCSCC. The van der Waals surface area contributed by atoms with Gasteiger partial charge in [0.2, 0.25) is 0 Å². The molecular formula is C11H25NS. The molecule has 0 aromatic carbocycles. The van der Waals surface area contributed by atoms with Crippen LogP contribution in [0.25, 0.3) is 0 Å². The van der Waals surface area contributed by atoms with E-state index in [0.717, 1.165) is 12.5 Å². The molecule has 0 radical (unpaired) electrons. The van der Waals surface area contributed by atoms with Crippen LogP contribution in [-0.2, 0) is 0 Å². The van der Waals surface area contributed by atoms with E-state index in [1.807, 2.05) is 0 Å². The van der Waals surface area contributed by atoms with Crippen LogP contribution in [0.5, 0.6) is 0 Å². The maximum atomic E-state index is 3.46. The van der Waals surface area contributed by atoms with Crippen LogP contribution in [-0.4, -0.2) is 24.1 Å². The van der Waals surface area contributed by atoms with Gasteiger partial charge in [-0.2, -0.15) is 11.8 Å². The van der Waals surface area contributed by atoms with Crippen molar-refractivity contribution in [2.75, 3.05) is 18.1 Å². The molecule has 0 fully saturated rings. The van der Waals surface area contributed by atoms with E-state index >= 15 is 0 Å². The van der Waals surface area contributed by atoms with E-state index in [4.69, 9.17) is 0 Å². The van der Waals surface area contributed by atoms with E-state index in [1.165, 1.54) is 24.3 Å². The van der Waals surface area contributed by atoms with Crippen molar-refractivity contribution in [3.8, 4) is 0 Å². The Morgan fingerprint density at radius 1 is 1.23 bits per heavy atom. The average Bonchev–Trinajstić information content (AvgIpc) is 2.05. The van der Waals surface area contributed by atoms with Crippen molar-refractivity contribution in [3.05, 3.63) is 0 Å². The first kappa shape index (κ1) is 13.3. The van der Waals surface area contributed by atoms with Crippen molar-refractivity contribution in [2.45, 2.75) is 46.6 Å². The molecule has 0 aromatic heterocycles. The van der Waals surface area contributed by atoms with Crippen molar-refractivity contribution in [3.63, 3.8) is 0 Å². The molecule has 2 heteroatoms. The van der Waals surface area contributed by atoms with Crippen LogP contribution < -0.4 is 5.32 Å². The summed E-state index contributed by atoms with van der Waals surface area (Å²) in [5.74, 6) is 3.46. The summed E-state index contributed by atoms with van der Waals surface area (Å²) < 4.78 is 0. The summed E-state index contributed by atoms with van der Waals surface area (Å²) in [5, 5.41) is 3.46. The van der Waals surface area contributed by atoms with Gasteiger partial charge in [-0.05, 0) is 43.7 Å². The van der Waals surface area contributed by atoms with Crippen LogP contribution in [0.1, 0.15) is 40.5 Å². The summed E-state index contributed by atoms with van der Waals surface area (Å²) in [5.41, 5.74) is 0. The van der Waals surface area contributed by atoms with Gasteiger partial charge in [-0.15, -0.1) is 0 Å².